The number of allylic oxidation sites excluding steroid dienone is 1. The molecule has 2 heterocycles. The van der Waals surface area contributed by atoms with E-state index < -0.39 is 0 Å². The van der Waals surface area contributed by atoms with Gasteiger partial charge in [0, 0.05) is 37.4 Å². The van der Waals surface area contributed by atoms with E-state index in [0.717, 1.165) is 36.9 Å². The highest BCUT2D eigenvalue weighted by molar-refractivity contribution is 5.65. The standard InChI is InChI=1S/C17H24N4O.C14H19FN2/c1-20-12-16(19)13-5-6-17(14(10-13)11-18)22-9-7-15-4-3-8-21(15)2;1-2-5-14(16)17-9-4-8-13(17)11-6-3-7-12(15)10-11/h5-6,10,12,15,20H,3-4,7-9,19H2,1-2H3;2-3,5-7,10,13-14H,4,8-9,16H2,1H3/b16-12-;5-2-. The summed E-state index contributed by atoms with van der Waals surface area (Å²) in [4.78, 5) is 4.61. The van der Waals surface area contributed by atoms with Gasteiger partial charge in [0.15, 0.2) is 0 Å². The molecular formula is C31H43FN6O. The first-order valence-corrected chi connectivity index (χ1v) is 13.8. The van der Waals surface area contributed by atoms with E-state index in [0.29, 0.717) is 29.7 Å². The Morgan fingerprint density at radius 1 is 1.23 bits per heavy atom. The lowest BCUT2D eigenvalue weighted by atomic mass is 10.0. The van der Waals surface area contributed by atoms with Crippen molar-refractivity contribution in [1.29, 1.82) is 5.26 Å². The number of ether oxygens (including phenoxy) is 1. The molecule has 39 heavy (non-hydrogen) atoms. The van der Waals surface area contributed by atoms with Crippen molar-refractivity contribution in [2.45, 2.75) is 57.3 Å². The van der Waals surface area contributed by atoms with E-state index in [4.69, 9.17) is 16.2 Å². The van der Waals surface area contributed by atoms with Crippen molar-refractivity contribution in [3.05, 3.63) is 83.3 Å². The van der Waals surface area contributed by atoms with Gasteiger partial charge in [0.25, 0.3) is 0 Å². The number of likely N-dealkylation sites (tertiary alicyclic amines) is 2. The third kappa shape index (κ3) is 8.56. The maximum Gasteiger partial charge on any atom is 0.137 e. The van der Waals surface area contributed by atoms with Crippen LogP contribution in [-0.4, -0.2) is 55.8 Å². The van der Waals surface area contributed by atoms with Gasteiger partial charge < -0.3 is 26.4 Å². The number of nitrogens with two attached hydrogens (primary N) is 2. The van der Waals surface area contributed by atoms with Gasteiger partial charge >= 0.3 is 0 Å². The largest absolute Gasteiger partial charge is 0.492 e. The molecule has 0 saturated carbocycles. The van der Waals surface area contributed by atoms with E-state index in [1.165, 1.54) is 25.5 Å². The fourth-order valence-electron chi connectivity index (χ4n) is 5.34. The summed E-state index contributed by atoms with van der Waals surface area (Å²) in [6, 6.07) is 15.3. The van der Waals surface area contributed by atoms with Crippen molar-refractivity contribution >= 4 is 5.70 Å². The van der Waals surface area contributed by atoms with Gasteiger partial charge in [0.05, 0.1) is 24.0 Å². The van der Waals surface area contributed by atoms with E-state index in [1.54, 1.807) is 31.4 Å². The summed E-state index contributed by atoms with van der Waals surface area (Å²) in [6.07, 6.45) is 11.2. The summed E-state index contributed by atoms with van der Waals surface area (Å²) >= 11 is 0. The van der Waals surface area contributed by atoms with Crippen LogP contribution in [0.2, 0.25) is 0 Å². The third-order valence-electron chi connectivity index (χ3n) is 7.41. The quantitative estimate of drug-likeness (QED) is 0.400. The number of nitrogens with zero attached hydrogens (tertiary/aromatic N) is 3. The Bertz CT molecular complexity index is 1160. The molecule has 2 aliphatic rings. The van der Waals surface area contributed by atoms with Gasteiger partial charge in [-0.15, -0.1) is 0 Å². The first-order chi connectivity index (χ1) is 18.9. The summed E-state index contributed by atoms with van der Waals surface area (Å²) in [5, 5.41) is 12.2. The molecule has 2 aromatic rings. The van der Waals surface area contributed by atoms with Gasteiger partial charge in [-0.05, 0) is 88.5 Å². The van der Waals surface area contributed by atoms with Gasteiger partial charge in [-0.25, -0.2) is 4.39 Å². The average molecular weight is 535 g/mol. The Morgan fingerprint density at radius 2 is 2.03 bits per heavy atom. The Hall–Kier alpha value is -3.38. The van der Waals surface area contributed by atoms with Crippen molar-refractivity contribution in [3.63, 3.8) is 0 Å². The van der Waals surface area contributed by atoms with Crippen molar-refractivity contribution in [3.8, 4) is 11.8 Å². The maximum absolute atomic E-state index is 13.2. The van der Waals surface area contributed by atoms with Crippen LogP contribution < -0.4 is 21.5 Å². The molecule has 3 atom stereocenters. The van der Waals surface area contributed by atoms with Crippen molar-refractivity contribution in [2.24, 2.45) is 11.5 Å². The molecule has 3 unspecified atom stereocenters. The molecule has 0 bridgehead atoms. The predicted molar refractivity (Wildman–Crippen MR) is 156 cm³/mol. The molecule has 2 fully saturated rings. The van der Waals surface area contributed by atoms with E-state index >= 15 is 0 Å². The molecule has 0 aromatic heterocycles. The lowest BCUT2D eigenvalue weighted by Gasteiger charge is -2.28. The van der Waals surface area contributed by atoms with Gasteiger partial charge in [-0.3, -0.25) is 4.90 Å². The molecular weight excluding hydrogens is 491 g/mol. The first kappa shape index (κ1) is 30.2. The second-order valence-electron chi connectivity index (χ2n) is 10.1. The van der Waals surface area contributed by atoms with Crippen LogP contribution in [0.3, 0.4) is 0 Å². The molecule has 5 N–H and O–H groups in total. The SMILES string of the molecule is C/C=C\C(N)N1CCCC1c1cccc(F)c1.CN/C=C(\N)c1ccc(OCCC2CCCN2C)c(C#N)c1. The topological polar surface area (TPSA) is 104 Å². The highest BCUT2D eigenvalue weighted by Gasteiger charge is 2.29. The second kappa shape index (κ2) is 15.3. The van der Waals surface area contributed by atoms with Crippen LogP contribution in [0.15, 0.2) is 60.8 Å². The molecule has 0 amide bonds. The van der Waals surface area contributed by atoms with Crippen LogP contribution >= 0.6 is 0 Å². The fraction of sp³-hybridized carbons (Fsp3) is 0.452. The van der Waals surface area contributed by atoms with Crippen molar-refractivity contribution in [1.82, 2.24) is 15.1 Å². The Morgan fingerprint density at radius 3 is 2.69 bits per heavy atom. The highest BCUT2D eigenvalue weighted by Crippen LogP contribution is 2.33. The molecule has 2 aromatic carbocycles. The van der Waals surface area contributed by atoms with Crippen molar-refractivity contribution in [2.75, 3.05) is 33.8 Å². The second-order valence-corrected chi connectivity index (χ2v) is 10.1. The Kier molecular flexibility index (Phi) is 11.8. The summed E-state index contributed by atoms with van der Waals surface area (Å²) in [5.74, 6) is 0.457. The number of rotatable bonds is 9. The number of nitriles is 1. The van der Waals surface area contributed by atoms with Crippen LogP contribution in [0, 0.1) is 17.1 Å². The van der Waals surface area contributed by atoms with Gasteiger partial charge in [-0.2, -0.15) is 5.26 Å². The summed E-state index contributed by atoms with van der Waals surface area (Å²) in [6.45, 7) is 4.74. The zero-order chi connectivity index (χ0) is 28.2. The zero-order valence-electron chi connectivity index (χ0n) is 23.4. The lowest BCUT2D eigenvalue weighted by molar-refractivity contribution is 0.216. The van der Waals surface area contributed by atoms with Crippen LogP contribution in [0.25, 0.3) is 5.70 Å². The van der Waals surface area contributed by atoms with E-state index in [1.807, 2.05) is 37.3 Å². The van der Waals surface area contributed by atoms with E-state index in [2.05, 4.69) is 28.2 Å². The number of halogens is 1. The number of hydrogen-bond acceptors (Lipinski definition) is 7. The summed E-state index contributed by atoms with van der Waals surface area (Å²) < 4.78 is 19.0. The lowest BCUT2D eigenvalue weighted by Crippen LogP contribution is -2.39. The van der Waals surface area contributed by atoms with Crippen molar-refractivity contribution < 1.29 is 9.13 Å². The fourth-order valence-corrected chi connectivity index (χ4v) is 5.34. The minimum atomic E-state index is -0.172. The molecule has 0 radical (unpaired) electrons. The molecule has 8 heteroatoms. The third-order valence-corrected chi connectivity index (χ3v) is 7.41. The average Bonchev–Trinajstić information content (AvgIpc) is 3.59. The normalized spacial score (nSPS) is 20.9. The first-order valence-electron chi connectivity index (χ1n) is 13.8. The monoisotopic (exact) mass is 534 g/mol. The maximum atomic E-state index is 13.2. The molecule has 4 rings (SSSR count). The van der Waals surface area contributed by atoms with Crippen LogP contribution in [0.1, 0.15) is 61.8 Å². The van der Waals surface area contributed by atoms with Gasteiger partial charge in [0.2, 0.25) is 0 Å². The zero-order valence-corrected chi connectivity index (χ0v) is 23.4. The molecule has 0 spiro atoms. The minimum absolute atomic E-state index is 0.0734. The number of nitrogens with one attached hydrogen (secondary N) is 1. The highest BCUT2D eigenvalue weighted by atomic mass is 19.1. The van der Waals surface area contributed by atoms with Gasteiger partial charge in [0.1, 0.15) is 17.6 Å². The van der Waals surface area contributed by atoms with Crippen LogP contribution in [-0.2, 0) is 0 Å². The van der Waals surface area contributed by atoms with Crippen LogP contribution in [0.4, 0.5) is 4.39 Å². The number of hydrogen-bond donors (Lipinski definition) is 3. The van der Waals surface area contributed by atoms with Crippen LogP contribution in [0.5, 0.6) is 5.75 Å². The summed E-state index contributed by atoms with van der Waals surface area (Å²) in [5.41, 5.74) is 15.0. The Balaban J connectivity index is 0.000000223. The molecule has 2 saturated heterocycles. The molecule has 0 aliphatic carbocycles. The molecule has 2 aliphatic heterocycles. The number of benzene rings is 2. The molecule has 210 valence electrons. The predicted octanol–water partition coefficient (Wildman–Crippen LogP) is 4.72. The Labute approximate surface area is 232 Å². The summed E-state index contributed by atoms with van der Waals surface area (Å²) in [7, 11) is 3.94. The van der Waals surface area contributed by atoms with E-state index in [9.17, 15) is 9.65 Å². The minimum Gasteiger partial charge on any atom is -0.492 e. The smallest absolute Gasteiger partial charge is 0.137 e. The van der Waals surface area contributed by atoms with E-state index in [-0.39, 0.29) is 18.0 Å². The molecule has 7 nitrogen and oxygen atoms in total. The van der Waals surface area contributed by atoms with Gasteiger partial charge in [-0.1, -0.05) is 24.3 Å².